The van der Waals surface area contributed by atoms with E-state index in [0.29, 0.717) is 17.5 Å². The monoisotopic (exact) mass is 254 g/mol. The smallest absolute Gasteiger partial charge is 0.257 e. The van der Waals surface area contributed by atoms with Crippen LogP contribution in [0.2, 0.25) is 0 Å². The van der Waals surface area contributed by atoms with Crippen LogP contribution in [0.25, 0.3) is 21.8 Å². The van der Waals surface area contributed by atoms with Crippen LogP contribution in [0.1, 0.15) is 12.0 Å². The molecule has 0 aliphatic heterocycles. The molecule has 0 aliphatic carbocycles. The van der Waals surface area contributed by atoms with Crippen molar-refractivity contribution in [2.75, 3.05) is 6.61 Å². The van der Waals surface area contributed by atoms with Crippen LogP contribution < -0.4 is 5.56 Å². The number of aliphatic hydroxyl groups is 1. The Kier molecular flexibility index (Phi) is 3.01. The molecule has 0 aliphatic rings. The van der Waals surface area contributed by atoms with E-state index in [-0.39, 0.29) is 12.2 Å². The van der Waals surface area contributed by atoms with Gasteiger partial charge in [0.05, 0.1) is 0 Å². The Morgan fingerprint density at radius 2 is 1.95 bits per heavy atom. The molecule has 3 aromatic rings. The van der Waals surface area contributed by atoms with Crippen LogP contribution in [0.15, 0.2) is 41.3 Å². The molecular weight excluding hydrogens is 240 g/mol. The van der Waals surface area contributed by atoms with Gasteiger partial charge in [0.25, 0.3) is 5.56 Å². The van der Waals surface area contributed by atoms with Crippen molar-refractivity contribution in [2.24, 2.45) is 0 Å². The zero-order chi connectivity index (χ0) is 13.2. The van der Waals surface area contributed by atoms with Crippen molar-refractivity contribution in [3.8, 4) is 0 Å². The van der Waals surface area contributed by atoms with E-state index in [1.165, 1.54) is 0 Å². The van der Waals surface area contributed by atoms with E-state index >= 15 is 0 Å². The van der Waals surface area contributed by atoms with E-state index < -0.39 is 0 Å². The summed E-state index contributed by atoms with van der Waals surface area (Å²) in [5.41, 5.74) is 1.56. The highest BCUT2D eigenvalue weighted by Crippen LogP contribution is 2.20. The number of aromatic amines is 1. The summed E-state index contributed by atoms with van der Waals surface area (Å²) in [6.07, 6.45) is 3.25. The molecule has 0 radical (unpaired) electrons. The minimum absolute atomic E-state index is 0.112. The third-order valence-electron chi connectivity index (χ3n) is 3.26. The average molecular weight is 254 g/mol. The molecule has 0 spiro atoms. The second-order valence-electron chi connectivity index (χ2n) is 4.57. The number of hydrogen-bond donors (Lipinski definition) is 2. The lowest BCUT2D eigenvalue weighted by atomic mass is 10.1. The van der Waals surface area contributed by atoms with Crippen LogP contribution in [0.3, 0.4) is 0 Å². The number of rotatable bonds is 3. The lowest BCUT2D eigenvalue weighted by molar-refractivity contribution is 0.288. The van der Waals surface area contributed by atoms with E-state index in [9.17, 15) is 4.79 Å². The van der Waals surface area contributed by atoms with Gasteiger partial charge in [0.2, 0.25) is 0 Å². The molecule has 2 aromatic heterocycles. The fourth-order valence-electron chi connectivity index (χ4n) is 2.32. The van der Waals surface area contributed by atoms with Gasteiger partial charge in [-0.3, -0.25) is 4.79 Å². The van der Waals surface area contributed by atoms with E-state index in [1.807, 2.05) is 30.3 Å². The van der Waals surface area contributed by atoms with Gasteiger partial charge in [0.15, 0.2) is 0 Å². The highest BCUT2D eigenvalue weighted by molar-refractivity contribution is 6.04. The number of hydrogen-bond acceptors (Lipinski definition) is 3. The molecule has 3 rings (SSSR count). The molecule has 4 nitrogen and oxygen atoms in total. The topological polar surface area (TPSA) is 66.0 Å². The number of aliphatic hydroxyl groups excluding tert-OH is 1. The fraction of sp³-hybridized carbons (Fsp3) is 0.200. The summed E-state index contributed by atoms with van der Waals surface area (Å²) in [5.74, 6) is 0. The molecule has 0 unspecified atom stereocenters. The summed E-state index contributed by atoms with van der Waals surface area (Å²) in [4.78, 5) is 19.0. The maximum atomic E-state index is 11.9. The van der Waals surface area contributed by atoms with Crippen LogP contribution >= 0.6 is 0 Å². The molecule has 0 atom stereocenters. The highest BCUT2D eigenvalue weighted by Gasteiger charge is 2.06. The predicted octanol–water partition coefficient (Wildman–Crippen LogP) is 2.00. The number of fused-ring (bicyclic) bond motifs is 3. The van der Waals surface area contributed by atoms with Crippen molar-refractivity contribution in [2.45, 2.75) is 12.8 Å². The third-order valence-corrected chi connectivity index (χ3v) is 3.26. The van der Waals surface area contributed by atoms with E-state index in [0.717, 1.165) is 22.8 Å². The van der Waals surface area contributed by atoms with Gasteiger partial charge in [-0.25, -0.2) is 4.98 Å². The van der Waals surface area contributed by atoms with E-state index in [1.54, 1.807) is 6.20 Å². The summed E-state index contributed by atoms with van der Waals surface area (Å²) in [6.45, 7) is 0.171. The first-order valence-electron chi connectivity index (χ1n) is 6.30. The lowest BCUT2D eigenvalue weighted by Gasteiger charge is -2.05. The SMILES string of the molecule is O=c1[nH]c2ncc(CCCO)cc2c2ccccc12. The van der Waals surface area contributed by atoms with Crippen LogP contribution in [-0.2, 0) is 6.42 Å². The molecule has 1 aromatic carbocycles. The fourth-order valence-corrected chi connectivity index (χ4v) is 2.32. The summed E-state index contributed by atoms with van der Waals surface area (Å²) < 4.78 is 0. The molecule has 0 bridgehead atoms. The first kappa shape index (κ1) is 11.9. The van der Waals surface area contributed by atoms with Crippen molar-refractivity contribution in [3.63, 3.8) is 0 Å². The summed E-state index contributed by atoms with van der Waals surface area (Å²) >= 11 is 0. The maximum Gasteiger partial charge on any atom is 0.257 e. The molecular formula is C15H14N2O2. The van der Waals surface area contributed by atoms with Crippen LogP contribution in [-0.4, -0.2) is 21.7 Å². The van der Waals surface area contributed by atoms with Gasteiger partial charge in [-0.2, -0.15) is 0 Å². The van der Waals surface area contributed by atoms with Gasteiger partial charge in [-0.05, 0) is 35.9 Å². The number of pyridine rings is 2. The molecule has 0 saturated carbocycles. The largest absolute Gasteiger partial charge is 0.396 e. The number of nitrogens with one attached hydrogen (secondary N) is 1. The Balaban J connectivity index is 2.28. The second-order valence-corrected chi connectivity index (χ2v) is 4.57. The van der Waals surface area contributed by atoms with Gasteiger partial charge >= 0.3 is 0 Å². The third kappa shape index (κ3) is 2.11. The highest BCUT2D eigenvalue weighted by atomic mass is 16.2. The molecule has 0 amide bonds. The number of H-pyrrole nitrogens is 1. The minimum Gasteiger partial charge on any atom is -0.396 e. The van der Waals surface area contributed by atoms with Crippen molar-refractivity contribution in [1.29, 1.82) is 0 Å². The Labute approximate surface area is 109 Å². The molecule has 0 saturated heterocycles. The van der Waals surface area contributed by atoms with Gasteiger partial charge in [0, 0.05) is 23.6 Å². The van der Waals surface area contributed by atoms with Crippen molar-refractivity contribution in [3.05, 3.63) is 52.4 Å². The first-order valence-corrected chi connectivity index (χ1v) is 6.30. The Bertz CT molecular complexity index is 793. The van der Waals surface area contributed by atoms with Gasteiger partial charge in [-0.1, -0.05) is 18.2 Å². The quantitative estimate of drug-likeness (QED) is 0.702. The standard InChI is InChI=1S/C15H14N2O2/c18-7-3-4-10-8-13-11-5-1-2-6-12(11)15(19)17-14(13)16-9-10/h1-2,5-6,8-9,18H,3-4,7H2,(H,16,17,19). The number of aromatic nitrogens is 2. The van der Waals surface area contributed by atoms with Gasteiger partial charge in [0.1, 0.15) is 5.65 Å². The molecule has 4 heteroatoms. The van der Waals surface area contributed by atoms with Crippen molar-refractivity contribution >= 4 is 21.8 Å². The molecule has 0 fully saturated rings. The Morgan fingerprint density at radius 3 is 2.74 bits per heavy atom. The van der Waals surface area contributed by atoms with Crippen LogP contribution in [0, 0.1) is 0 Å². The van der Waals surface area contributed by atoms with E-state index in [2.05, 4.69) is 9.97 Å². The van der Waals surface area contributed by atoms with Gasteiger partial charge < -0.3 is 10.1 Å². The second kappa shape index (κ2) is 4.82. The summed E-state index contributed by atoms with van der Waals surface area (Å²) in [7, 11) is 0. The number of benzene rings is 1. The Hall–Kier alpha value is -2.20. The average Bonchev–Trinajstić information content (AvgIpc) is 2.46. The normalized spacial score (nSPS) is 11.2. The molecule has 19 heavy (non-hydrogen) atoms. The zero-order valence-electron chi connectivity index (χ0n) is 10.4. The van der Waals surface area contributed by atoms with E-state index in [4.69, 9.17) is 5.11 Å². The minimum atomic E-state index is -0.112. The maximum absolute atomic E-state index is 11.9. The Morgan fingerprint density at radius 1 is 1.16 bits per heavy atom. The van der Waals surface area contributed by atoms with Crippen LogP contribution in [0.5, 0.6) is 0 Å². The lowest BCUT2D eigenvalue weighted by Crippen LogP contribution is -2.07. The molecule has 2 heterocycles. The zero-order valence-corrected chi connectivity index (χ0v) is 10.4. The van der Waals surface area contributed by atoms with Crippen molar-refractivity contribution in [1.82, 2.24) is 9.97 Å². The summed E-state index contributed by atoms with van der Waals surface area (Å²) in [6, 6.07) is 9.56. The summed E-state index contributed by atoms with van der Waals surface area (Å²) in [5, 5.41) is 11.4. The number of aryl methyl sites for hydroxylation is 1. The van der Waals surface area contributed by atoms with Crippen LogP contribution in [0.4, 0.5) is 0 Å². The molecule has 2 N–H and O–H groups in total. The van der Waals surface area contributed by atoms with Crippen molar-refractivity contribution < 1.29 is 5.11 Å². The predicted molar refractivity (Wildman–Crippen MR) is 75.3 cm³/mol. The number of nitrogens with zero attached hydrogens (tertiary/aromatic N) is 1. The van der Waals surface area contributed by atoms with Gasteiger partial charge in [-0.15, -0.1) is 0 Å². The first-order chi connectivity index (χ1) is 9.29. The molecule has 96 valence electrons.